The average molecular weight is 432 g/mol. The molecule has 3 aromatic rings. The molecule has 2 heterocycles. The molecule has 2 aromatic carbocycles. The average Bonchev–Trinajstić information content (AvgIpc) is 3.10. The van der Waals surface area contributed by atoms with Gasteiger partial charge < -0.3 is 0 Å². The Morgan fingerprint density at radius 3 is 2.48 bits per heavy atom. The van der Waals surface area contributed by atoms with Crippen LogP contribution in [0.3, 0.4) is 0 Å². The molecule has 1 aliphatic rings. The highest BCUT2D eigenvalue weighted by molar-refractivity contribution is 8.00. The number of hydrogen-bond acceptors (Lipinski definition) is 4. The van der Waals surface area contributed by atoms with E-state index in [4.69, 9.17) is 0 Å². The molecule has 1 fully saturated rings. The number of carbonyl (C=O) groups excluding carboxylic acids is 1. The third-order valence-electron chi connectivity index (χ3n) is 4.80. The number of aromatic nitrogens is 1. The summed E-state index contributed by atoms with van der Waals surface area (Å²) in [4.78, 5) is 21.1. The van der Waals surface area contributed by atoms with Crippen molar-refractivity contribution in [3.63, 3.8) is 0 Å². The Hall–Kier alpha value is -2.45. The van der Waals surface area contributed by atoms with E-state index in [1.165, 1.54) is 17.4 Å². The summed E-state index contributed by atoms with van der Waals surface area (Å²) < 4.78 is 28.6. The Bertz CT molecular complexity index is 1050. The molecule has 29 heavy (non-hydrogen) atoms. The number of carbonyl (C=O) groups is 1. The van der Waals surface area contributed by atoms with Gasteiger partial charge in [-0.1, -0.05) is 23.5 Å². The number of hydrogen-bond donors (Lipinski definition) is 0. The van der Waals surface area contributed by atoms with Crippen molar-refractivity contribution in [2.45, 2.75) is 17.6 Å². The summed E-state index contributed by atoms with van der Waals surface area (Å²) in [6, 6.07) is 10.2. The van der Waals surface area contributed by atoms with E-state index in [0.29, 0.717) is 23.8 Å². The molecule has 1 saturated heterocycles. The molecule has 4 nitrogen and oxygen atoms in total. The van der Waals surface area contributed by atoms with Crippen LogP contribution in [0.5, 0.6) is 0 Å². The predicted octanol–water partition coefficient (Wildman–Crippen LogP) is 5.96. The minimum absolute atomic E-state index is 0.123. The molecule has 2 amide bonds. The SMILES string of the molecule is CSc1sc(N2CCCN(c3ccc(-c4cc(F)ccc4F)cc3)C2=O)nc1C. The minimum Gasteiger partial charge on any atom is -0.294 e. The maximum atomic E-state index is 14.0. The number of aryl methyl sites for hydroxylation is 1. The van der Waals surface area contributed by atoms with Crippen molar-refractivity contribution in [3.8, 4) is 11.1 Å². The number of thiazole rings is 1. The van der Waals surface area contributed by atoms with Crippen LogP contribution in [0.1, 0.15) is 12.1 Å². The molecule has 0 unspecified atom stereocenters. The molecule has 1 aliphatic heterocycles. The summed E-state index contributed by atoms with van der Waals surface area (Å²) in [6.07, 6.45) is 2.82. The molecular weight excluding hydrogens is 412 g/mol. The lowest BCUT2D eigenvalue weighted by atomic mass is 10.0. The normalized spacial score (nSPS) is 14.6. The van der Waals surface area contributed by atoms with Crippen LogP contribution in [0, 0.1) is 18.6 Å². The molecule has 0 bridgehead atoms. The first-order chi connectivity index (χ1) is 14.0. The lowest BCUT2D eigenvalue weighted by Crippen LogP contribution is -2.49. The Kier molecular flexibility index (Phi) is 5.56. The molecule has 1 aromatic heterocycles. The van der Waals surface area contributed by atoms with Gasteiger partial charge in [0.25, 0.3) is 0 Å². The summed E-state index contributed by atoms with van der Waals surface area (Å²) in [5, 5.41) is 0.708. The topological polar surface area (TPSA) is 36.4 Å². The van der Waals surface area contributed by atoms with Crippen LogP contribution < -0.4 is 9.80 Å². The quantitative estimate of drug-likeness (QED) is 0.479. The maximum absolute atomic E-state index is 14.0. The summed E-state index contributed by atoms with van der Waals surface area (Å²) >= 11 is 3.15. The molecular formula is C21H19F2N3OS2. The van der Waals surface area contributed by atoms with Crippen LogP contribution in [0.2, 0.25) is 0 Å². The van der Waals surface area contributed by atoms with Crippen LogP contribution in [0.15, 0.2) is 46.7 Å². The second kappa shape index (κ2) is 8.12. The first-order valence-corrected chi connectivity index (χ1v) is 11.2. The molecule has 0 saturated carbocycles. The lowest BCUT2D eigenvalue weighted by molar-refractivity contribution is 0.248. The van der Waals surface area contributed by atoms with E-state index >= 15 is 0 Å². The van der Waals surface area contributed by atoms with E-state index < -0.39 is 11.6 Å². The molecule has 0 spiro atoms. The van der Waals surface area contributed by atoms with Gasteiger partial charge in [0.1, 0.15) is 11.6 Å². The van der Waals surface area contributed by atoms with Crippen molar-refractivity contribution in [1.82, 2.24) is 4.98 Å². The second-order valence-corrected chi connectivity index (χ2v) is 8.74. The molecule has 0 radical (unpaired) electrons. The van der Waals surface area contributed by atoms with Gasteiger partial charge in [0.05, 0.1) is 9.90 Å². The molecule has 150 valence electrons. The number of benzene rings is 2. The van der Waals surface area contributed by atoms with Gasteiger partial charge in [-0.3, -0.25) is 9.80 Å². The van der Waals surface area contributed by atoms with Crippen LogP contribution in [0.4, 0.5) is 24.4 Å². The molecule has 0 atom stereocenters. The molecule has 0 N–H and O–H groups in total. The Morgan fingerprint density at radius 1 is 1.07 bits per heavy atom. The zero-order chi connectivity index (χ0) is 20.5. The third-order valence-corrected chi connectivity index (χ3v) is 7.19. The number of nitrogens with zero attached hydrogens (tertiary/aromatic N) is 3. The van der Waals surface area contributed by atoms with E-state index in [1.807, 2.05) is 13.2 Å². The zero-order valence-electron chi connectivity index (χ0n) is 16.0. The number of anilines is 2. The highest BCUT2D eigenvalue weighted by Crippen LogP contribution is 2.35. The van der Waals surface area contributed by atoms with Crippen molar-refractivity contribution in [3.05, 3.63) is 59.8 Å². The summed E-state index contributed by atoms with van der Waals surface area (Å²) in [5.41, 5.74) is 2.42. The van der Waals surface area contributed by atoms with Crippen molar-refractivity contribution < 1.29 is 13.6 Å². The molecule has 8 heteroatoms. The van der Waals surface area contributed by atoms with Gasteiger partial charge in [0.15, 0.2) is 5.13 Å². The largest absolute Gasteiger partial charge is 0.330 e. The lowest BCUT2D eigenvalue weighted by Gasteiger charge is -2.34. The van der Waals surface area contributed by atoms with Crippen LogP contribution in [0.25, 0.3) is 11.1 Å². The van der Waals surface area contributed by atoms with Crippen molar-refractivity contribution >= 4 is 39.9 Å². The fourth-order valence-electron chi connectivity index (χ4n) is 3.35. The van der Waals surface area contributed by atoms with E-state index in [2.05, 4.69) is 4.98 Å². The summed E-state index contributed by atoms with van der Waals surface area (Å²) in [5.74, 6) is -0.973. The number of halogens is 2. The smallest absolute Gasteiger partial charge is 0.294 e. The van der Waals surface area contributed by atoms with Gasteiger partial charge in [-0.25, -0.2) is 18.6 Å². The van der Waals surface area contributed by atoms with Gasteiger partial charge in [-0.2, -0.15) is 0 Å². The van der Waals surface area contributed by atoms with Crippen LogP contribution in [-0.2, 0) is 0 Å². The highest BCUT2D eigenvalue weighted by Gasteiger charge is 2.30. The molecule has 4 rings (SSSR count). The standard InChI is InChI=1S/C21H19F2N3OS2/c1-13-19(28-2)29-20(24-13)26-11-3-10-25(21(26)27)16-7-4-14(5-8-16)17-12-15(22)6-9-18(17)23/h4-9,12H,3,10-11H2,1-2H3. The summed E-state index contributed by atoms with van der Waals surface area (Å²) in [7, 11) is 0. The highest BCUT2D eigenvalue weighted by atomic mass is 32.2. The fourth-order valence-corrected chi connectivity index (χ4v) is 5.07. The fraction of sp³-hybridized carbons (Fsp3) is 0.238. The Morgan fingerprint density at radius 2 is 1.79 bits per heavy atom. The first kappa shape index (κ1) is 19.8. The predicted molar refractivity (Wildman–Crippen MR) is 115 cm³/mol. The second-order valence-electron chi connectivity index (χ2n) is 6.68. The monoisotopic (exact) mass is 431 g/mol. The van der Waals surface area contributed by atoms with Crippen molar-refractivity contribution in [2.24, 2.45) is 0 Å². The number of urea groups is 1. The first-order valence-electron chi connectivity index (χ1n) is 9.14. The van der Waals surface area contributed by atoms with Gasteiger partial charge in [-0.05, 0) is 55.5 Å². The maximum Gasteiger partial charge on any atom is 0.330 e. The Balaban J connectivity index is 1.59. The van der Waals surface area contributed by atoms with E-state index in [1.54, 1.807) is 45.8 Å². The van der Waals surface area contributed by atoms with Crippen LogP contribution in [-0.4, -0.2) is 30.4 Å². The third kappa shape index (κ3) is 3.86. The number of amides is 2. The summed E-state index contributed by atoms with van der Waals surface area (Å²) in [6.45, 7) is 3.17. The van der Waals surface area contributed by atoms with Crippen LogP contribution >= 0.6 is 23.1 Å². The van der Waals surface area contributed by atoms with E-state index in [0.717, 1.165) is 34.1 Å². The van der Waals surface area contributed by atoms with Crippen molar-refractivity contribution in [1.29, 1.82) is 0 Å². The van der Waals surface area contributed by atoms with Gasteiger partial charge in [0, 0.05) is 24.3 Å². The Labute approximate surface area is 176 Å². The van der Waals surface area contributed by atoms with E-state index in [9.17, 15) is 13.6 Å². The van der Waals surface area contributed by atoms with Gasteiger partial charge >= 0.3 is 6.03 Å². The molecule has 0 aliphatic carbocycles. The van der Waals surface area contributed by atoms with E-state index in [-0.39, 0.29) is 11.6 Å². The van der Waals surface area contributed by atoms with Gasteiger partial charge in [0.2, 0.25) is 0 Å². The zero-order valence-corrected chi connectivity index (χ0v) is 17.6. The van der Waals surface area contributed by atoms with Gasteiger partial charge in [-0.15, -0.1) is 11.8 Å². The minimum atomic E-state index is -0.490. The number of rotatable bonds is 4. The van der Waals surface area contributed by atoms with Crippen molar-refractivity contribution in [2.75, 3.05) is 29.1 Å². The number of thioether (sulfide) groups is 1.